The predicted molar refractivity (Wildman–Crippen MR) is 170 cm³/mol. The highest BCUT2D eigenvalue weighted by molar-refractivity contribution is 7.88. The minimum absolute atomic E-state index is 0.0176. The Hall–Kier alpha value is -4.46. The highest BCUT2D eigenvalue weighted by atomic mass is 32.2. The van der Waals surface area contributed by atoms with Gasteiger partial charge >= 0.3 is 15.6 Å². The molecule has 9 nitrogen and oxygen atoms in total. The van der Waals surface area contributed by atoms with Crippen LogP contribution in [0.3, 0.4) is 0 Å². The van der Waals surface area contributed by atoms with Crippen LogP contribution in [0.5, 0.6) is 5.75 Å². The number of fused-ring (bicyclic) bond motifs is 1. The number of anilines is 2. The molecular formula is C33H33F4N3O6S. The summed E-state index contributed by atoms with van der Waals surface area (Å²) < 4.78 is 87.2. The molecule has 1 aliphatic heterocycles. The summed E-state index contributed by atoms with van der Waals surface area (Å²) >= 11 is 0. The average molecular weight is 676 g/mol. The van der Waals surface area contributed by atoms with Gasteiger partial charge in [-0.05, 0) is 74.9 Å². The fourth-order valence-corrected chi connectivity index (χ4v) is 6.13. The summed E-state index contributed by atoms with van der Waals surface area (Å²) in [5, 5.41) is 3.71. The zero-order valence-corrected chi connectivity index (χ0v) is 27.1. The second kappa shape index (κ2) is 12.3. The topological polar surface area (TPSA) is 119 Å². The maximum Gasteiger partial charge on any atom is 0.534 e. The van der Waals surface area contributed by atoms with Crippen LogP contribution in [0, 0.1) is 25.1 Å². The number of benzene rings is 2. The second-order valence-corrected chi connectivity index (χ2v) is 14.0. The van der Waals surface area contributed by atoms with Crippen molar-refractivity contribution in [2.75, 3.05) is 23.3 Å². The predicted octanol–water partition coefficient (Wildman–Crippen LogP) is 7.45. The molecule has 2 aromatic heterocycles. The van der Waals surface area contributed by atoms with Gasteiger partial charge in [-0.25, -0.2) is 4.39 Å². The van der Waals surface area contributed by atoms with Crippen LogP contribution in [-0.2, 0) is 10.1 Å². The van der Waals surface area contributed by atoms with Crippen molar-refractivity contribution < 1.29 is 39.4 Å². The molecule has 5 rings (SSSR count). The minimum atomic E-state index is -6.24. The summed E-state index contributed by atoms with van der Waals surface area (Å²) in [6, 6.07) is 8.05. The van der Waals surface area contributed by atoms with Crippen molar-refractivity contribution in [2.45, 2.75) is 59.0 Å². The molecule has 1 N–H and O–H groups in total. The van der Waals surface area contributed by atoms with E-state index in [1.54, 1.807) is 25.1 Å². The van der Waals surface area contributed by atoms with Gasteiger partial charge in [-0.15, -0.1) is 0 Å². The number of halogens is 4. The first kappa shape index (κ1) is 33.9. The van der Waals surface area contributed by atoms with Crippen molar-refractivity contribution >= 4 is 38.9 Å². The van der Waals surface area contributed by atoms with Crippen molar-refractivity contribution in [3.63, 3.8) is 0 Å². The Labute approximate surface area is 268 Å². The molecule has 1 fully saturated rings. The van der Waals surface area contributed by atoms with E-state index >= 15 is 4.39 Å². The van der Waals surface area contributed by atoms with Crippen LogP contribution in [-0.4, -0.2) is 38.3 Å². The van der Waals surface area contributed by atoms with Gasteiger partial charge in [0.25, 0.3) is 0 Å². The van der Waals surface area contributed by atoms with Crippen LogP contribution in [0.1, 0.15) is 66.7 Å². The third-order valence-corrected chi connectivity index (χ3v) is 9.32. The molecule has 3 heterocycles. The zero-order chi connectivity index (χ0) is 34.5. The molecular weight excluding hydrogens is 642 g/mol. The van der Waals surface area contributed by atoms with E-state index in [1.165, 1.54) is 6.20 Å². The number of piperidine rings is 1. The summed E-state index contributed by atoms with van der Waals surface area (Å²) in [7, 11) is -6.24. The SMILES string of the molecule is Cc1cc([C@@H](C)Nc2cccnc2-c2cc(F)c(OS(=O)(=O)C(F)(F)F)c(C=O)c2)c2oc(N3CCC(C)(C)CC3)c(C)c(=O)c2c1. The number of nitrogens with zero attached hydrogens (tertiary/aromatic N) is 2. The van der Waals surface area contributed by atoms with E-state index in [1.807, 2.05) is 19.9 Å². The molecule has 0 spiro atoms. The van der Waals surface area contributed by atoms with Crippen molar-refractivity contribution in [1.29, 1.82) is 0 Å². The first-order valence-electron chi connectivity index (χ1n) is 14.8. The smallest absolute Gasteiger partial charge is 0.440 e. The molecule has 2 aromatic carbocycles. The number of aromatic nitrogens is 1. The molecule has 1 saturated heterocycles. The largest absolute Gasteiger partial charge is 0.534 e. The number of aryl methyl sites for hydroxylation is 1. The Kier molecular flexibility index (Phi) is 8.86. The quantitative estimate of drug-likeness (QED) is 0.0879. The van der Waals surface area contributed by atoms with Gasteiger partial charge in [0.2, 0.25) is 5.88 Å². The number of carbonyl (C=O) groups excluding carboxylic acids is 1. The number of alkyl halides is 3. The summed E-state index contributed by atoms with van der Waals surface area (Å²) in [5.74, 6) is -2.38. The average Bonchev–Trinajstić information content (AvgIpc) is 2.99. The number of hydrogen-bond acceptors (Lipinski definition) is 9. The lowest BCUT2D eigenvalue weighted by Crippen LogP contribution is -2.38. The number of nitrogens with one attached hydrogen (secondary N) is 1. The highest BCUT2D eigenvalue weighted by Crippen LogP contribution is 2.38. The Morgan fingerprint density at radius 2 is 1.81 bits per heavy atom. The Morgan fingerprint density at radius 1 is 1.13 bits per heavy atom. The van der Waals surface area contributed by atoms with Crippen molar-refractivity contribution in [3.8, 4) is 17.0 Å². The number of rotatable bonds is 8. The Balaban J connectivity index is 1.54. The summed E-state index contributed by atoms with van der Waals surface area (Å²) in [6.07, 6.45) is 3.25. The van der Waals surface area contributed by atoms with E-state index in [2.05, 4.69) is 33.2 Å². The van der Waals surface area contributed by atoms with Gasteiger partial charge in [-0.3, -0.25) is 14.6 Å². The van der Waals surface area contributed by atoms with Crippen LogP contribution >= 0.6 is 0 Å². The first-order chi connectivity index (χ1) is 21.9. The maximum atomic E-state index is 15.1. The van der Waals surface area contributed by atoms with E-state index in [4.69, 9.17) is 4.42 Å². The van der Waals surface area contributed by atoms with Gasteiger partial charge in [-0.1, -0.05) is 19.9 Å². The highest BCUT2D eigenvalue weighted by Gasteiger charge is 2.49. The van der Waals surface area contributed by atoms with Gasteiger partial charge in [0.05, 0.1) is 33.9 Å². The minimum Gasteiger partial charge on any atom is -0.440 e. The molecule has 0 saturated carbocycles. The second-order valence-electron chi connectivity index (χ2n) is 12.5. The van der Waals surface area contributed by atoms with Gasteiger partial charge in [0, 0.05) is 30.4 Å². The Bertz CT molecular complexity index is 2030. The number of hydrogen-bond donors (Lipinski definition) is 1. The standard InChI is InChI=1S/C33H33F4N3O6S/c1-18-13-23(30-24(14-18)28(42)19(2)31(45-30)40-11-8-32(4,5)9-12-40)20(3)39-26-7-6-10-38-27(26)21-15-22(17-41)29(25(34)16-21)46-47(43,44)33(35,36)37/h6-7,10,13-17,20,39H,8-9,11-12H2,1-5H3/t20-/m1/s1. The molecule has 1 atom stereocenters. The molecule has 0 aliphatic carbocycles. The fraction of sp³-hybridized carbons (Fsp3) is 0.364. The molecule has 0 unspecified atom stereocenters. The van der Waals surface area contributed by atoms with E-state index in [0.29, 0.717) is 33.7 Å². The van der Waals surface area contributed by atoms with Gasteiger partial charge in [0.15, 0.2) is 23.3 Å². The van der Waals surface area contributed by atoms with E-state index in [0.717, 1.165) is 43.6 Å². The van der Waals surface area contributed by atoms with Gasteiger partial charge in [0.1, 0.15) is 5.58 Å². The molecule has 47 heavy (non-hydrogen) atoms. The molecule has 14 heteroatoms. The van der Waals surface area contributed by atoms with Crippen molar-refractivity contribution in [1.82, 2.24) is 4.98 Å². The van der Waals surface area contributed by atoms with Gasteiger partial charge in [-0.2, -0.15) is 21.6 Å². The summed E-state index contributed by atoms with van der Waals surface area (Å²) in [6.45, 7) is 11.3. The summed E-state index contributed by atoms with van der Waals surface area (Å²) in [4.78, 5) is 31.7. The molecule has 0 bridgehead atoms. The normalized spacial score (nSPS) is 15.8. The van der Waals surface area contributed by atoms with Crippen molar-refractivity contribution in [3.05, 3.63) is 80.9 Å². The molecule has 4 aromatic rings. The van der Waals surface area contributed by atoms with E-state index < -0.39 is 38.8 Å². The van der Waals surface area contributed by atoms with Gasteiger partial charge < -0.3 is 18.8 Å². The molecule has 0 amide bonds. The van der Waals surface area contributed by atoms with Crippen LogP contribution in [0.15, 0.2) is 51.8 Å². The maximum absolute atomic E-state index is 15.1. The fourth-order valence-electron chi connectivity index (χ4n) is 5.64. The summed E-state index contributed by atoms with van der Waals surface area (Å²) in [5.41, 5.74) is -3.75. The first-order valence-corrected chi connectivity index (χ1v) is 16.2. The molecule has 250 valence electrons. The van der Waals surface area contributed by atoms with Crippen LogP contribution < -0.4 is 19.8 Å². The van der Waals surface area contributed by atoms with Crippen LogP contribution in [0.4, 0.5) is 29.1 Å². The number of carbonyl (C=O) groups is 1. The lowest BCUT2D eigenvalue weighted by Gasteiger charge is -2.37. The Morgan fingerprint density at radius 3 is 2.45 bits per heavy atom. The number of pyridine rings is 1. The van der Waals surface area contributed by atoms with Crippen molar-refractivity contribution in [2.24, 2.45) is 5.41 Å². The zero-order valence-electron chi connectivity index (χ0n) is 26.3. The lowest BCUT2D eigenvalue weighted by atomic mass is 9.82. The lowest BCUT2D eigenvalue weighted by molar-refractivity contribution is -0.0501. The van der Waals surface area contributed by atoms with E-state index in [-0.39, 0.29) is 28.4 Å². The molecule has 1 aliphatic rings. The number of aldehydes is 1. The molecule has 0 radical (unpaired) electrons. The third-order valence-electron chi connectivity index (χ3n) is 8.37. The van der Waals surface area contributed by atoms with Crippen LogP contribution in [0.25, 0.3) is 22.2 Å². The van der Waals surface area contributed by atoms with E-state index in [9.17, 15) is 31.2 Å². The monoisotopic (exact) mass is 675 g/mol. The van der Waals surface area contributed by atoms with Crippen LogP contribution in [0.2, 0.25) is 0 Å². The third kappa shape index (κ3) is 6.69.